The van der Waals surface area contributed by atoms with E-state index in [1.54, 1.807) is 7.11 Å². The molecule has 0 aromatic heterocycles. The van der Waals surface area contributed by atoms with E-state index in [1.165, 1.54) is 32.5 Å². The van der Waals surface area contributed by atoms with Gasteiger partial charge in [-0.15, -0.1) is 0 Å². The van der Waals surface area contributed by atoms with Crippen LogP contribution in [0.25, 0.3) is 0 Å². The summed E-state index contributed by atoms with van der Waals surface area (Å²) in [6.07, 6.45) is 5.83. The van der Waals surface area contributed by atoms with Crippen molar-refractivity contribution in [1.82, 2.24) is 14.7 Å². The molecule has 0 saturated carbocycles. The molecule has 0 aromatic carbocycles. The van der Waals surface area contributed by atoms with E-state index in [-0.39, 0.29) is 5.92 Å². The normalized spacial score (nSPS) is 27.6. The number of methoxy groups -OCH3 is 1. The molecule has 3 saturated heterocycles. The van der Waals surface area contributed by atoms with Crippen LogP contribution >= 0.6 is 0 Å². The summed E-state index contributed by atoms with van der Waals surface area (Å²) in [5.74, 6) is 0.566. The van der Waals surface area contributed by atoms with Crippen LogP contribution in [-0.2, 0) is 14.3 Å². The molecule has 1 atom stereocenters. The van der Waals surface area contributed by atoms with Crippen LogP contribution in [0.5, 0.6) is 0 Å². The molecule has 1 amide bonds. The fourth-order valence-electron chi connectivity index (χ4n) is 4.52. The van der Waals surface area contributed by atoms with Gasteiger partial charge in [-0.05, 0) is 51.7 Å². The second-order valence-corrected chi connectivity index (χ2v) is 7.69. The molecule has 3 aliphatic heterocycles. The minimum Gasteiger partial charge on any atom is -0.385 e. The maximum atomic E-state index is 12.8. The summed E-state index contributed by atoms with van der Waals surface area (Å²) in [5.41, 5.74) is 0. The third kappa shape index (κ3) is 5.39. The van der Waals surface area contributed by atoms with Gasteiger partial charge in [0.25, 0.3) is 0 Å². The fraction of sp³-hybridized carbons (Fsp3) is 0.947. The molecule has 6 nitrogen and oxygen atoms in total. The van der Waals surface area contributed by atoms with Gasteiger partial charge in [0.1, 0.15) is 0 Å². The number of piperidine rings is 2. The fourth-order valence-corrected chi connectivity index (χ4v) is 4.52. The van der Waals surface area contributed by atoms with Crippen molar-refractivity contribution in [3.63, 3.8) is 0 Å². The van der Waals surface area contributed by atoms with E-state index in [2.05, 4.69) is 9.80 Å². The summed E-state index contributed by atoms with van der Waals surface area (Å²) in [7, 11) is 1.78. The molecule has 3 aliphatic rings. The summed E-state index contributed by atoms with van der Waals surface area (Å²) >= 11 is 0. The summed E-state index contributed by atoms with van der Waals surface area (Å²) in [5, 5.41) is 0. The van der Waals surface area contributed by atoms with E-state index in [4.69, 9.17) is 9.47 Å². The number of amides is 1. The second-order valence-electron chi connectivity index (χ2n) is 7.69. The average Bonchev–Trinajstić information content (AvgIpc) is 2.69. The molecule has 0 N–H and O–H groups in total. The van der Waals surface area contributed by atoms with Crippen LogP contribution in [0.4, 0.5) is 0 Å². The van der Waals surface area contributed by atoms with Gasteiger partial charge in [-0.25, -0.2) is 0 Å². The Bertz CT molecular complexity index is 407. The van der Waals surface area contributed by atoms with Gasteiger partial charge in [0.2, 0.25) is 5.91 Å². The largest absolute Gasteiger partial charge is 0.385 e. The summed E-state index contributed by atoms with van der Waals surface area (Å²) in [6, 6.07) is 0.666. The van der Waals surface area contributed by atoms with Crippen molar-refractivity contribution in [2.24, 2.45) is 5.92 Å². The molecule has 0 spiro atoms. The molecule has 144 valence electrons. The molecular weight excluding hydrogens is 318 g/mol. The number of morpholine rings is 1. The molecular formula is C19H35N3O3. The second kappa shape index (κ2) is 9.86. The van der Waals surface area contributed by atoms with Gasteiger partial charge in [0.15, 0.2) is 0 Å². The van der Waals surface area contributed by atoms with E-state index in [0.717, 1.165) is 52.0 Å². The Morgan fingerprint density at radius 2 is 1.84 bits per heavy atom. The zero-order valence-electron chi connectivity index (χ0n) is 15.8. The van der Waals surface area contributed by atoms with E-state index in [0.29, 0.717) is 25.2 Å². The number of hydrogen-bond acceptors (Lipinski definition) is 5. The quantitative estimate of drug-likeness (QED) is 0.668. The van der Waals surface area contributed by atoms with E-state index >= 15 is 0 Å². The molecule has 0 bridgehead atoms. The summed E-state index contributed by atoms with van der Waals surface area (Å²) in [4.78, 5) is 20.0. The van der Waals surface area contributed by atoms with Crippen molar-refractivity contribution < 1.29 is 14.3 Å². The first-order chi connectivity index (χ1) is 12.3. The molecule has 0 radical (unpaired) electrons. The molecule has 0 unspecified atom stereocenters. The summed E-state index contributed by atoms with van der Waals surface area (Å²) in [6.45, 7) is 9.46. The Kier molecular flexibility index (Phi) is 7.52. The number of likely N-dealkylation sites (tertiary alicyclic amines) is 2. The minimum atomic E-state index is 0.201. The van der Waals surface area contributed by atoms with Gasteiger partial charge >= 0.3 is 0 Å². The van der Waals surface area contributed by atoms with Crippen LogP contribution in [0.3, 0.4) is 0 Å². The lowest BCUT2D eigenvalue weighted by Gasteiger charge is -2.43. The number of carbonyl (C=O) groups excluding carboxylic acids is 1. The molecule has 0 aromatic rings. The third-order valence-electron chi connectivity index (χ3n) is 6.02. The Morgan fingerprint density at radius 3 is 2.56 bits per heavy atom. The van der Waals surface area contributed by atoms with Gasteiger partial charge in [0, 0.05) is 45.9 Å². The Hall–Kier alpha value is -0.690. The van der Waals surface area contributed by atoms with Crippen LogP contribution in [0.2, 0.25) is 0 Å². The lowest BCUT2D eigenvalue weighted by atomic mass is 9.92. The van der Waals surface area contributed by atoms with Gasteiger partial charge in [-0.1, -0.05) is 0 Å². The number of rotatable bonds is 6. The van der Waals surface area contributed by atoms with Gasteiger partial charge in [-0.3, -0.25) is 9.69 Å². The van der Waals surface area contributed by atoms with E-state index in [9.17, 15) is 4.79 Å². The first kappa shape index (κ1) is 19.1. The van der Waals surface area contributed by atoms with Crippen molar-refractivity contribution in [3.05, 3.63) is 0 Å². The molecule has 25 heavy (non-hydrogen) atoms. The number of ether oxygens (including phenoxy) is 2. The highest BCUT2D eigenvalue weighted by Crippen LogP contribution is 2.25. The van der Waals surface area contributed by atoms with Crippen molar-refractivity contribution in [1.29, 1.82) is 0 Å². The van der Waals surface area contributed by atoms with Gasteiger partial charge in [-0.2, -0.15) is 0 Å². The Balaban J connectivity index is 1.43. The van der Waals surface area contributed by atoms with Crippen molar-refractivity contribution in [2.45, 2.75) is 38.1 Å². The number of carbonyl (C=O) groups is 1. The minimum absolute atomic E-state index is 0.201. The average molecular weight is 354 g/mol. The predicted molar refractivity (Wildman–Crippen MR) is 97.7 cm³/mol. The highest BCUT2D eigenvalue weighted by atomic mass is 16.5. The maximum absolute atomic E-state index is 12.8. The standard InChI is InChI=1S/C19H35N3O3/c1-24-13-3-7-20-9-5-18(6-10-20)22-8-2-4-17(16-22)19(23)21-11-14-25-15-12-21/h17-18H,2-16H2,1H3/t17-/m0/s1. The molecule has 6 heteroatoms. The first-order valence-corrected chi connectivity index (χ1v) is 10.1. The topological polar surface area (TPSA) is 45.2 Å². The monoisotopic (exact) mass is 353 g/mol. The van der Waals surface area contributed by atoms with Gasteiger partial charge in [0.05, 0.1) is 19.1 Å². The Morgan fingerprint density at radius 1 is 1.08 bits per heavy atom. The smallest absolute Gasteiger partial charge is 0.227 e. The SMILES string of the molecule is COCCCN1CCC(N2CCC[C@H](C(=O)N3CCOCC3)C2)CC1. The van der Waals surface area contributed by atoms with Crippen molar-refractivity contribution in [2.75, 3.05) is 72.7 Å². The van der Waals surface area contributed by atoms with Crippen LogP contribution in [0.15, 0.2) is 0 Å². The molecule has 3 fully saturated rings. The lowest BCUT2D eigenvalue weighted by molar-refractivity contribution is -0.142. The Labute approximate surface area is 152 Å². The lowest BCUT2D eigenvalue weighted by Crippen LogP contribution is -2.52. The van der Waals surface area contributed by atoms with Crippen molar-refractivity contribution >= 4 is 5.91 Å². The van der Waals surface area contributed by atoms with Crippen LogP contribution < -0.4 is 0 Å². The first-order valence-electron chi connectivity index (χ1n) is 10.1. The number of hydrogen-bond donors (Lipinski definition) is 0. The third-order valence-corrected chi connectivity index (χ3v) is 6.02. The van der Waals surface area contributed by atoms with Gasteiger partial charge < -0.3 is 19.3 Å². The highest BCUT2D eigenvalue weighted by Gasteiger charge is 2.33. The highest BCUT2D eigenvalue weighted by molar-refractivity contribution is 5.79. The predicted octanol–water partition coefficient (Wildman–Crippen LogP) is 1.06. The van der Waals surface area contributed by atoms with Crippen LogP contribution in [0.1, 0.15) is 32.1 Å². The van der Waals surface area contributed by atoms with Crippen molar-refractivity contribution in [3.8, 4) is 0 Å². The zero-order chi connectivity index (χ0) is 17.5. The maximum Gasteiger partial charge on any atom is 0.227 e. The zero-order valence-corrected chi connectivity index (χ0v) is 15.8. The molecule has 0 aliphatic carbocycles. The molecule has 3 rings (SSSR count). The number of nitrogens with zero attached hydrogens (tertiary/aromatic N) is 3. The van der Waals surface area contributed by atoms with Crippen LogP contribution in [0, 0.1) is 5.92 Å². The summed E-state index contributed by atoms with van der Waals surface area (Å²) < 4.78 is 10.5. The van der Waals surface area contributed by atoms with Crippen LogP contribution in [-0.4, -0.2) is 99.4 Å². The van der Waals surface area contributed by atoms with E-state index in [1.807, 2.05) is 4.90 Å². The molecule has 3 heterocycles. The van der Waals surface area contributed by atoms with E-state index < -0.39 is 0 Å².